The Morgan fingerprint density at radius 1 is 1.24 bits per heavy atom. The lowest BCUT2D eigenvalue weighted by Gasteiger charge is -2.16. The molecular formula is C20H18N6O3. The highest BCUT2D eigenvalue weighted by Gasteiger charge is 2.26. The number of anilines is 1. The number of urea groups is 1. The van der Waals surface area contributed by atoms with E-state index in [2.05, 4.69) is 20.3 Å². The molecule has 0 saturated carbocycles. The third kappa shape index (κ3) is 3.75. The van der Waals surface area contributed by atoms with Crippen LogP contribution in [0.15, 0.2) is 48.9 Å². The van der Waals surface area contributed by atoms with E-state index in [1.54, 1.807) is 35.6 Å². The Labute approximate surface area is 166 Å². The SMILES string of the molecule is CCc1cc2c(cn1)CN(C(=O)Nc1nc(-c3cccnc3)ccc1[N+](=O)[O-])C2. The fraction of sp³-hybridized carbons (Fsp3) is 0.200. The first-order chi connectivity index (χ1) is 14.0. The molecule has 1 N–H and O–H groups in total. The van der Waals surface area contributed by atoms with E-state index < -0.39 is 11.0 Å². The van der Waals surface area contributed by atoms with Gasteiger partial charge in [-0.3, -0.25) is 25.4 Å². The summed E-state index contributed by atoms with van der Waals surface area (Å²) in [5.74, 6) is -0.0929. The molecule has 2 amide bonds. The normalized spacial score (nSPS) is 12.5. The predicted molar refractivity (Wildman–Crippen MR) is 106 cm³/mol. The number of hydrogen-bond donors (Lipinski definition) is 1. The molecule has 3 aromatic heterocycles. The van der Waals surface area contributed by atoms with E-state index in [1.165, 1.54) is 12.1 Å². The van der Waals surface area contributed by atoms with Gasteiger partial charge in [0.15, 0.2) is 0 Å². The summed E-state index contributed by atoms with van der Waals surface area (Å²) in [5, 5.41) is 14.0. The van der Waals surface area contributed by atoms with Crippen molar-refractivity contribution < 1.29 is 9.72 Å². The first-order valence-corrected chi connectivity index (χ1v) is 9.13. The first-order valence-electron chi connectivity index (χ1n) is 9.13. The molecule has 1 aliphatic rings. The number of carbonyl (C=O) groups is 1. The first kappa shape index (κ1) is 18.5. The number of nitrogens with zero attached hydrogens (tertiary/aromatic N) is 5. The maximum absolute atomic E-state index is 12.8. The standard InChI is InChI=1S/C20H18N6O3/c1-2-16-8-14-11-25(12-15(14)10-22-16)20(27)24-19-18(26(28)29)6-5-17(23-19)13-4-3-7-21-9-13/h3-10H,2,11-12H2,1H3,(H,23,24,27). The number of nitrogens with one attached hydrogen (secondary N) is 1. The lowest BCUT2D eigenvalue weighted by atomic mass is 10.1. The number of aromatic nitrogens is 3. The van der Waals surface area contributed by atoms with Gasteiger partial charge in [-0.15, -0.1) is 0 Å². The summed E-state index contributed by atoms with van der Waals surface area (Å²) in [5.41, 5.74) is 3.90. The van der Waals surface area contributed by atoms with Crippen LogP contribution in [-0.4, -0.2) is 30.8 Å². The minimum atomic E-state index is -0.564. The van der Waals surface area contributed by atoms with Gasteiger partial charge in [0.25, 0.3) is 0 Å². The van der Waals surface area contributed by atoms with Crippen molar-refractivity contribution >= 4 is 17.5 Å². The van der Waals surface area contributed by atoms with Crippen LogP contribution in [0.2, 0.25) is 0 Å². The van der Waals surface area contributed by atoms with Crippen LogP contribution in [0.3, 0.4) is 0 Å². The van der Waals surface area contributed by atoms with E-state index >= 15 is 0 Å². The Hall–Kier alpha value is -3.88. The van der Waals surface area contributed by atoms with Crippen LogP contribution >= 0.6 is 0 Å². The molecule has 4 heterocycles. The van der Waals surface area contributed by atoms with Crippen LogP contribution in [0.1, 0.15) is 23.7 Å². The summed E-state index contributed by atoms with van der Waals surface area (Å²) < 4.78 is 0. The van der Waals surface area contributed by atoms with Gasteiger partial charge in [-0.25, -0.2) is 9.78 Å². The zero-order valence-electron chi connectivity index (χ0n) is 15.7. The van der Waals surface area contributed by atoms with E-state index in [4.69, 9.17) is 0 Å². The van der Waals surface area contributed by atoms with Crippen molar-refractivity contribution in [2.75, 3.05) is 5.32 Å². The molecule has 0 aliphatic carbocycles. The van der Waals surface area contributed by atoms with E-state index in [0.29, 0.717) is 24.3 Å². The zero-order valence-corrected chi connectivity index (χ0v) is 15.7. The molecule has 0 fully saturated rings. The van der Waals surface area contributed by atoms with Crippen molar-refractivity contribution in [3.63, 3.8) is 0 Å². The molecule has 0 radical (unpaired) electrons. The summed E-state index contributed by atoms with van der Waals surface area (Å²) in [4.78, 5) is 37.9. The van der Waals surface area contributed by atoms with E-state index in [9.17, 15) is 14.9 Å². The van der Waals surface area contributed by atoms with Gasteiger partial charge in [0.05, 0.1) is 10.6 Å². The summed E-state index contributed by atoms with van der Waals surface area (Å²) in [6, 6.07) is 7.96. The predicted octanol–water partition coefficient (Wildman–Crippen LogP) is 3.56. The second kappa shape index (κ2) is 7.63. The topological polar surface area (TPSA) is 114 Å². The molecule has 9 heteroatoms. The Kier molecular flexibility index (Phi) is 4.86. The highest BCUT2D eigenvalue weighted by molar-refractivity contribution is 5.91. The molecule has 146 valence electrons. The highest BCUT2D eigenvalue weighted by atomic mass is 16.6. The number of aryl methyl sites for hydroxylation is 1. The molecule has 0 saturated heterocycles. The van der Waals surface area contributed by atoms with Crippen molar-refractivity contribution in [3.05, 3.63) is 75.9 Å². The van der Waals surface area contributed by atoms with Gasteiger partial charge < -0.3 is 4.90 Å². The average Bonchev–Trinajstić information content (AvgIpc) is 3.17. The molecular weight excluding hydrogens is 372 g/mol. The van der Waals surface area contributed by atoms with Gasteiger partial charge in [-0.1, -0.05) is 6.92 Å². The molecule has 29 heavy (non-hydrogen) atoms. The number of nitro groups is 1. The number of rotatable bonds is 4. The molecule has 0 atom stereocenters. The van der Waals surface area contributed by atoms with Gasteiger partial charge in [0, 0.05) is 49.0 Å². The Morgan fingerprint density at radius 3 is 2.79 bits per heavy atom. The van der Waals surface area contributed by atoms with E-state index in [1.807, 2.05) is 13.0 Å². The quantitative estimate of drug-likeness (QED) is 0.538. The van der Waals surface area contributed by atoms with Crippen LogP contribution in [-0.2, 0) is 19.5 Å². The van der Waals surface area contributed by atoms with E-state index in [0.717, 1.165) is 23.2 Å². The van der Waals surface area contributed by atoms with Crippen LogP contribution < -0.4 is 5.32 Å². The van der Waals surface area contributed by atoms with Gasteiger partial charge >= 0.3 is 11.7 Å². The Morgan fingerprint density at radius 2 is 2.07 bits per heavy atom. The number of carbonyl (C=O) groups excluding carboxylic acids is 1. The third-order valence-electron chi connectivity index (χ3n) is 4.76. The van der Waals surface area contributed by atoms with Gasteiger partial charge in [-0.2, -0.15) is 0 Å². The Bertz CT molecular complexity index is 1090. The maximum Gasteiger partial charge on any atom is 0.323 e. The van der Waals surface area contributed by atoms with E-state index in [-0.39, 0.29) is 11.5 Å². The lowest BCUT2D eigenvalue weighted by molar-refractivity contribution is -0.384. The van der Waals surface area contributed by atoms with Crippen LogP contribution in [0, 0.1) is 10.1 Å². The second-order valence-electron chi connectivity index (χ2n) is 6.65. The van der Waals surface area contributed by atoms with Crippen LogP contribution in [0.4, 0.5) is 16.3 Å². The molecule has 0 aromatic carbocycles. The van der Waals surface area contributed by atoms with Crippen molar-refractivity contribution in [2.45, 2.75) is 26.4 Å². The Balaban J connectivity index is 1.58. The van der Waals surface area contributed by atoms with Crippen LogP contribution in [0.5, 0.6) is 0 Å². The zero-order chi connectivity index (χ0) is 20.4. The number of amides is 2. The van der Waals surface area contributed by atoms with Crippen molar-refractivity contribution in [3.8, 4) is 11.3 Å². The highest BCUT2D eigenvalue weighted by Crippen LogP contribution is 2.28. The molecule has 0 spiro atoms. The maximum atomic E-state index is 12.8. The fourth-order valence-electron chi connectivity index (χ4n) is 3.21. The summed E-state index contributed by atoms with van der Waals surface area (Å²) in [6.45, 7) is 2.84. The molecule has 3 aromatic rings. The van der Waals surface area contributed by atoms with Crippen molar-refractivity contribution in [2.24, 2.45) is 0 Å². The second-order valence-corrected chi connectivity index (χ2v) is 6.65. The molecule has 0 unspecified atom stereocenters. The minimum absolute atomic E-state index is 0.0929. The summed E-state index contributed by atoms with van der Waals surface area (Å²) in [6.07, 6.45) is 5.83. The van der Waals surface area contributed by atoms with Gasteiger partial charge in [0.1, 0.15) is 0 Å². The largest absolute Gasteiger partial charge is 0.323 e. The van der Waals surface area contributed by atoms with Crippen LogP contribution in [0.25, 0.3) is 11.3 Å². The summed E-state index contributed by atoms with van der Waals surface area (Å²) in [7, 11) is 0. The number of pyridine rings is 3. The van der Waals surface area contributed by atoms with Gasteiger partial charge in [0.2, 0.25) is 5.82 Å². The third-order valence-corrected chi connectivity index (χ3v) is 4.76. The number of fused-ring (bicyclic) bond motifs is 1. The van der Waals surface area contributed by atoms with Crippen molar-refractivity contribution in [1.82, 2.24) is 19.9 Å². The average molecular weight is 390 g/mol. The molecule has 4 rings (SSSR count). The minimum Gasteiger partial charge on any atom is -0.316 e. The molecule has 1 aliphatic heterocycles. The van der Waals surface area contributed by atoms with Gasteiger partial charge in [-0.05, 0) is 41.8 Å². The summed E-state index contributed by atoms with van der Waals surface area (Å²) >= 11 is 0. The monoisotopic (exact) mass is 390 g/mol. The fourth-order valence-corrected chi connectivity index (χ4v) is 3.21. The van der Waals surface area contributed by atoms with Crippen molar-refractivity contribution in [1.29, 1.82) is 0 Å². The smallest absolute Gasteiger partial charge is 0.316 e. The molecule has 9 nitrogen and oxygen atoms in total. The molecule has 0 bridgehead atoms. The lowest BCUT2D eigenvalue weighted by Crippen LogP contribution is -2.30. The number of hydrogen-bond acceptors (Lipinski definition) is 6.